The van der Waals surface area contributed by atoms with Crippen LogP contribution in [0.2, 0.25) is 0 Å². The molecule has 0 heterocycles. The first-order valence-electron chi connectivity index (χ1n) is 3.66. The Morgan fingerprint density at radius 1 is 1.20 bits per heavy atom. The number of nitrogens with zero attached hydrogens (tertiary/aromatic N) is 1. The summed E-state index contributed by atoms with van der Waals surface area (Å²) in [5.41, 5.74) is 0.989. The van der Waals surface area contributed by atoms with Gasteiger partial charge in [-0.25, -0.2) is 8.42 Å². The van der Waals surface area contributed by atoms with Gasteiger partial charge in [-0.1, -0.05) is 17.7 Å². The second kappa shape index (κ2) is 8.52. The van der Waals surface area contributed by atoms with Crippen LogP contribution in [0, 0.1) is 6.92 Å². The topological polar surface area (TPSA) is 68.5 Å². The largest absolute Gasteiger partial charge is 1.00 e. The SMILES string of the molecule is CO.Cc1ccc(S(=O)(=O)[N-]Cl)cc1.[Na+]. The van der Waals surface area contributed by atoms with Crippen LogP contribution in [0.25, 0.3) is 4.24 Å². The molecule has 0 spiro atoms. The van der Waals surface area contributed by atoms with Crippen LogP contribution in [0.15, 0.2) is 29.2 Å². The third-order valence-electron chi connectivity index (χ3n) is 1.41. The van der Waals surface area contributed by atoms with Crippen molar-refractivity contribution in [2.75, 3.05) is 7.11 Å². The third-order valence-corrected chi connectivity index (χ3v) is 3.00. The van der Waals surface area contributed by atoms with E-state index in [9.17, 15) is 8.42 Å². The average molecular weight is 260 g/mol. The molecule has 0 radical (unpaired) electrons. The van der Waals surface area contributed by atoms with E-state index in [2.05, 4.69) is 4.24 Å². The van der Waals surface area contributed by atoms with Crippen molar-refractivity contribution in [3.8, 4) is 0 Å². The van der Waals surface area contributed by atoms with Gasteiger partial charge in [0.05, 0.1) is 0 Å². The fraction of sp³-hybridized carbons (Fsp3) is 0.250. The Bertz CT molecular complexity index is 366. The summed E-state index contributed by atoms with van der Waals surface area (Å²) in [5.74, 6) is 0. The third kappa shape index (κ3) is 5.87. The van der Waals surface area contributed by atoms with E-state index in [1.807, 2.05) is 6.92 Å². The number of rotatable bonds is 2. The second-order valence-electron chi connectivity index (χ2n) is 2.36. The molecule has 0 amide bonds. The Morgan fingerprint density at radius 3 is 1.93 bits per heavy atom. The maximum Gasteiger partial charge on any atom is 1.00 e. The van der Waals surface area contributed by atoms with Crippen molar-refractivity contribution in [2.45, 2.75) is 11.8 Å². The molecule has 1 N–H and O–H groups in total. The average Bonchev–Trinajstić information content (AvgIpc) is 2.21. The molecule has 0 fully saturated rings. The van der Waals surface area contributed by atoms with E-state index in [1.54, 1.807) is 12.1 Å². The molecule has 1 rings (SSSR count). The predicted molar refractivity (Wildman–Crippen MR) is 55.7 cm³/mol. The Labute approximate surface area is 117 Å². The van der Waals surface area contributed by atoms with Crippen LogP contribution in [0.5, 0.6) is 0 Å². The number of sulfonamides is 1. The molecular weight excluding hydrogens is 249 g/mol. The Kier molecular flexibility index (Phi) is 10.1. The van der Waals surface area contributed by atoms with E-state index in [1.165, 1.54) is 12.1 Å². The van der Waals surface area contributed by atoms with E-state index in [4.69, 9.17) is 16.9 Å². The smallest absolute Gasteiger partial charge is 0.458 e. The van der Waals surface area contributed by atoms with Gasteiger partial charge in [-0.3, -0.25) is 11.8 Å². The molecule has 4 nitrogen and oxygen atoms in total. The van der Waals surface area contributed by atoms with Crippen molar-refractivity contribution in [3.63, 3.8) is 0 Å². The molecule has 0 aliphatic heterocycles. The molecule has 1 aromatic carbocycles. The summed E-state index contributed by atoms with van der Waals surface area (Å²) in [6.07, 6.45) is 0. The van der Waals surface area contributed by atoms with E-state index >= 15 is 0 Å². The van der Waals surface area contributed by atoms with Crippen molar-refractivity contribution in [1.29, 1.82) is 0 Å². The molecule has 0 saturated carbocycles. The Hall–Kier alpha value is 0.380. The molecule has 0 unspecified atom stereocenters. The van der Waals surface area contributed by atoms with Crippen molar-refractivity contribution >= 4 is 21.8 Å². The summed E-state index contributed by atoms with van der Waals surface area (Å²) in [6, 6.07) is 6.32. The van der Waals surface area contributed by atoms with Crippen LogP contribution < -0.4 is 29.6 Å². The Morgan fingerprint density at radius 2 is 1.60 bits per heavy atom. The monoisotopic (exact) mass is 259 g/mol. The predicted octanol–water partition coefficient (Wildman–Crippen LogP) is -1.18. The number of benzene rings is 1. The van der Waals surface area contributed by atoms with Gasteiger partial charge >= 0.3 is 29.6 Å². The van der Waals surface area contributed by atoms with Crippen molar-refractivity contribution in [3.05, 3.63) is 34.1 Å². The minimum atomic E-state index is -3.62. The van der Waals surface area contributed by atoms with Crippen molar-refractivity contribution < 1.29 is 43.1 Å². The zero-order valence-electron chi connectivity index (χ0n) is 8.81. The summed E-state index contributed by atoms with van der Waals surface area (Å²) in [6.45, 7) is 1.87. The standard InChI is InChI=1S/C7H7ClNO2S.CH4O.Na/c1-6-2-4-7(5-3-6)12(10,11)9-8;1-2;/h2-5H,1H3;2H,1H3;/q-1;;+1. The molecule has 80 valence electrons. The number of hydrogen-bond donors (Lipinski definition) is 1. The van der Waals surface area contributed by atoms with Gasteiger partial charge in [0.25, 0.3) is 0 Å². The van der Waals surface area contributed by atoms with Gasteiger partial charge in [0, 0.05) is 12.0 Å². The first kappa shape index (κ1) is 17.8. The summed E-state index contributed by atoms with van der Waals surface area (Å²) < 4.78 is 24.8. The number of aliphatic hydroxyl groups excluding tert-OH is 1. The molecule has 0 aliphatic rings. The van der Waals surface area contributed by atoms with Crippen molar-refractivity contribution in [1.82, 2.24) is 0 Å². The van der Waals surface area contributed by atoms with Crippen LogP contribution in [-0.4, -0.2) is 20.6 Å². The quantitative estimate of drug-likeness (QED) is 0.680. The fourth-order valence-electron chi connectivity index (χ4n) is 0.750. The van der Waals surface area contributed by atoms with Gasteiger partial charge in [-0.15, -0.1) is 0 Å². The number of aryl methyl sites for hydroxylation is 1. The molecular formula is C8H11ClNNaO3S. The maximum atomic E-state index is 11.0. The van der Waals surface area contributed by atoms with Gasteiger partial charge in [-0.2, -0.15) is 0 Å². The van der Waals surface area contributed by atoms with Gasteiger partial charge in [0.15, 0.2) is 0 Å². The van der Waals surface area contributed by atoms with E-state index in [-0.39, 0.29) is 34.5 Å². The fourth-order valence-corrected chi connectivity index (χ4v) is 1.55. The molecule has 0 aromatic heterocycles. The number of hydrogen-bond acceptors (Lipinski definition) is 3. The summed E-state index contributed by atoms with van der Waals surface area (Å²) in [7, 11) is -2.62. The number of halogens is 1. The normalized spacial score (nSPS) is 9.60. The van der Waals surface area contributed by atoms with Crippen LogP contribution in [-0.2, 0) is 10.0 Å². The zero-order chi connectivity index (χ0) is 11.2. The first-order chi connectivity index (χ1) is 6.56. The van der Waals surface area contributed by atoms with Gasteiger partial charge in [0.1, 0.15) is 10.0 Å². The molecule has 7 heteroatoms. The number of aliphatic hydroxyl groups is 1. The Balaban J connectivity index is 0. The minimum Gasteiger partial charge on any atom is -0.458 e. The second-order valence-corrected chi connectivity index (χ2v) is 4.33. The molecule has 0 saturated heterocycles. The summed E-state index contributed by atoms with van der Waals surface area (Å²) in [5, 5.41) is 7.00. The maximum absolute atomic E-state index is 11.0. The van der Waals surface area contributed by atoms with E-state index in [0.29, 0.717) is 0 Å². The molecule has 15 heavy (non-hydrogen) atoms. The minimum absolute atomic E-state index is 0. The van der Waals surface area contributed by atoms with Crippen LogP contribution in [0.4, 0.5) is 0 Å². The van der Waals surface area contributed by atoms with E-state index in [0.717, 1.165) is 12.7 Å². The molecule has 1 aromatic rings. The van der Waals surface area contributed by atoms with Crippen LogP contribution in [0.3, 0.4) is 0 Å². The van der Waals surface area contributed by atoms with Gasteiger partial charge < -0.3 is 9.35 Å². The zero-order valence-corrected chi connectivity index (χ0v) is 12.4. The summed E-state index contributed by atoms with van der Waals surface area (Å²) >= 11 is 4.90. The van der Waals surface area contributed by atoms with Crippen LogP contribution >= 0.6 is 11.8 Å². The van der Waals surface area contributed by atoms with Crippen molar-refractivity contribution in [2.24, 2.45) is 0 Å². The summed E-state index contributed by atoms with van der Waals surface area (Å²) in [4.78, 5) is 0.114. The van der Waals surface area contributed by atoms with Crippen LogP contribution in [0.1, 0.15) is 5.56 Å². The van der Waals surface area contributed by atoms with E-state index < -0.39 is 10.0 Å². The first-order valence-corrected chi connectivity index (χ1v) is 5.44. The molecule has 0 atom stereocenters. The van der Waals surface area contributed by atoms with Gasteiger partial charge in [0.2, 0.25) is 0 Å². The van der Waals surface area contributed by atoms with Gasteiger partial charge in [-0.05, 0) is 19.1 Å². The molecule has 0 bridgehead atoms. The molecule has 0 aliphatic carbocycles.